The summed E-state index contributed by atoms with van der Waals surface area (Å²) in [6.45, 7) is 26.5. The van der Waals surface area contributed by atoms with Crippen LogP contribution >= 0.6 is 0 Å². The van der Waals surface area contributed by atoms with E-state index in [9.17, 15) is 5.26 Å². The third kappa shape index (κ3) is 4.55. The molecule has 3 aliphatic rings. The normalized spacial score (nSPS) is 23.9. The molecule has 3 aliphatic heterocycles. The van der Waals surface area contributed by atoms with Gasteiger partial charge < -0.3 is 9.64 Å². The minimum atomic E-state index is -0.243. The Bertz CT molecular complexity index is 1250. The molecule has 0 aliphatic carbocycles. The summed E-state index contributed by atoms with van der Waals surface area (Å²) < 4.78 is 6.21. The maximum atomic E-state index is 9.43. The van der Waals surface area contributed by atoms with Gasteiger partial charge in [-0.3, -0.25) is 0 Å². The first-order chi connectivity index (χ1) is 16.3. The smallest absolute Gasteiger partial charge is 0.269 e. The Morgan fingerprint density at radius 3 is 2.54 bits per heavy atom. The molecule has 0 fully saturated rings. The molecule has 0 spiro atoms. The first-order valence-corrected chi connectivity index (χ1v) is 12.5. The van der Waals surface area contributed by atoms with Crippen molar-refractivity contribution in [1.29, 1.82) is 5.26 Å². The Hall–Kier alpha value is -3.24. The van der Waals surface area contributed by atoms with Crippen molar-refractivity contribution >= 4 is 11.8 Å². The maximum Gasteiger partial charge on any atom is 0.269 e. The fourth-order valence-electron chi connectivity index (χ4n) is 5.62. The zero-order valence-electron chi connectivity index (χ0n) is 22.4. The van der Waals surface area contributed by atoms with Crippen molar-refractivity contribution in [2.45, 2.75) is 85.1 Å². The number of anilines is 1. The molecule has 0 saturated carbocycles. The summed E-state index contributed by atoms with van der Waals surface area (Å²) in [5, 5.41) is 9.43. The Labute approximate surface area is 211 Å². The molecule has 0 N–H and O–H groups in total. The van der Waals surface area contributed by atoms with E-state index >= 15 is 0 Å². The summed E-state index contributed by atoms with van der Waals surface area (Å²) in [6, 6.07) is 6.70. The first-order valence-electron chi connectivity index (χ1n) is 12.5. The minimum absolute atomic E-state index is 0.0810. The summed E-state index contributed by atoms with van der Waals surface area (Å²) >= 11 is 0. The zero-order valence-corrected chi connectivity index (χ0v) is 22.4. The van der Waals surface area contributed by atoms with Crippen LogP contribution < -0.4 is 4.90 Å². The molecule has 0 aromatic heterocycles. The number of benzene rings is 1. The fourth-order valence-corrected chi connectivity index (χ4v) is 5.62. The topological polar surface area (TPSA) is 40.6 Å². The van der Waals surface area contributed by atoms with E-state index in [4.69, 9.17) is 11.3 Å². The first kappa shape index (κ1) is 24.9. The van der Waals surface area contributed by atoms with Gasteiger partial charge >= 0.3 is 0 Å². The van der Waals surface area contributed by atoms with E-state index < -0.39 is 0 Å². The molecule has 3 heterocycles. The maximum absolute atomic E-state index is 9.43. The van der Waals surface area contributed by atoms with Crippen LogP contribution in [0, 0.1) is 23.3 Å². The van der Waals surface area contributed by atoms with Crippen LogP contribution in [0.2, 0.25) is 0 Å². The standard InChI is InChI=1S/C31H37N3O/c1-20-18-31(7,8)34-13-12-30(5,6)25-15-21(14-24(20)28(25)34)10-11-23-16-22(26(19-32)33-9)17-27(35-23)29(2,3)4/h10-11,14-17,20H,12-13,18H2,1-8H3/b11-10+,26-22+. The van der Waals surface area contributed by atoms with Gasteiger partial charge in [-0.1, -0.05) is 47.6 Å². The highest BCUT2D eigenvalue weighted by atomic mass is 16.5. The van der Waals surface area contributed by atoms with E-state index in [0.717, 1.165) is 30.7 Å². The summed E-state index contributed by atoms with van der Waals surface area (Å²) in [5.41, 5.74) is 6.18. The lowest BCUT2D eigenvalue weighted by atomic mass is 9.69. The van der Waals surface area contributed by atoms with E-state index in [1.54, 1.807) is 6.08 Å². The van der Waals surface area contributed by atoms with Crippen molar-refractivity contribution in [3.05, 3.63) is 81.3 Å². The molecule has 1 aromatic rings. The van der Waals surface area contributed by atoms with E-state index in [1.807, 2.05) is 18.2 Å². The molecule has 4 nitrogen and oxygen atoms in total. The van der Waals surface area contributed by atoms with Gasteiger partial charge in [-0.05, 0) is 90.6 Å². The SMILES string of the molecule is [C-]#[N+]/C(C#N)=C1C=C(/C=C/c2cc3c4c(c2)C(C)(C)CCN4C(C)(C)CC3C)OC(C(C)(C)C)=C\1. The van der Waals surface area contributed by atoms with Crippen molar-refractivity contribution in [2.24, 2.45) is 5.41 Å². The van der Waals surface area contributed by atoms with Crippen molar-refractivity contribution in [2.75, 3.05) is 11.4 Å². The number of ether oxygens (including phenoxy) is 1. The monoisotopic (exact) mass is 467 g/mol. The number of rotatable bonds is 2. The van der Waals surface area contributed by atoms with Gasteiger partial charge in [0.2, 0.25) is 0 Å². The molecule has 0 saturated heterocycles. The molecule has 1 atom stereocenters. The predicted molar refractivity (Wildman–Crippen MR) is 144 cm³/mol. The van der Waals surface area contributed by atoms with Gasteiger partial charge in [0, 0.05) is 23.2 Å². The van der Waals surface area contributed by atoms with Crippen LogP contribution in [0.3, 0.4) is 0 Å². The molecule has 4 rings (SSSR count). The van der Waals surface area contributed by atoms with E-state index in [2.05, 4.69) is 83.3 Å². The van der Waals surface area contributed by atoms with Crippen LogP contribution in [0.5, 0.6) is 0 Å². The summed E-state index contributed by atoms with van der Waals surface area (Å²) in [4.78, 5) is 6.05. The third-order valence-electron chi connectivity index (χ3n) is 7.67. The molecule has 182 valence electrons. The van der Waals surface area contributed by atoms with Crippen LogP contribution in [-0.2, 0) is 10.2 Å². The number of hydrogen-bond acceptors (Lipinski definition) is 3. The van der Waals surface area contributed by atoms with Gasteiger partial charge in [-0.25, -0.2) is 10.1 Å². The number of nitriles is 1. The lowest BCUT2D eigenvalue weighted by Crippen LogP contribution is -2.53. The average Bonchev–Trinajstić information content (AvgIpc) is 2.76. The van der Waals surface area contributed by atoms with Gasteiger partial charge in [-0.2, -0.15) is 0 Å². The summed E-state index contributed by atoms with van der Waals surface area (Å²) in [6.07, 6.45) is 9.97. The number of nitrogens with zero attached hydrogens (tertiary/aromatic N) is 3. The molecular weight excluding hydrogens is 430 g/mol. The van der Waals surface area contributed by atoms with Gasteiger partial charge in [-0.15, -0.1) is 0 Å². The lowest BCUT2D eigenvalue weighted by Gasteiger charge is -2.53. The molecular formula is C31H37N3O. The van der Waals surface area contributed by atoms with Crippen LogP contribution in [0.15, 0.2) is 53.1 Å². The highest BCUT2D eigenvalue weighted by Crippen LogP contribution is 2.52. The number of allylic oxidation sites excluding steroid dienone is 6. The van der Waals surface area contributed by atoms with Crippen molar-refractivity contribution in [1.82, 2.24) is 0 Å². The molecule has 0 radical (unpaired) electrons. The Morgan fingerprint density at radius 1 is 1.20 bits per heavy atom. The highest BCUT2D eigenvalue weighted by molar-refractivity contribution is 5.72. The average molecular weight is 468 g/mol. The highest BCUT2D eigenvalue weighted by Gasteiger charge is 2.43. The van der Waals surface area contributed by atoms with Gasteiger partial charge in [0.1, 0.15) is 11.5 Å². The van der Waals surface area contributed by atoms with Crippen LogP contribution in [-0.4, -0.2) is 12.1 Å². The van der Waals surface area contributed by atoms with E-state index in [-0.39, 0.29) is 22.1 Å². The van der Waals surface area contributed by atoms with Crippen LogP contribution in [0.25, 0.3) is 10.9 Å². The molecule has 1 aromatic carbocycles. The Balaban J connectivity index is 1.78. The predicted octanol–water partition coefficient (Wildman–Crippen LogP) is 8.01. The van der Waals surface area contributed by atoms with Crippen molar-refractivity contribution in [3.8, 4) is 6.07 Å². The third-order valence-corrected chi connectivity index (χ3v) is 7.67. The molecule has 0 amide bonds. The van der Waals surface area contributed by atoms with E-state index in [0.29, 0.717) is 17.3 Å². The number of hydrogen-bond donors (Lipinski definition) is 0. The minimum Gasteiger partial charge on any atom is -0.461 e. The van der Waals surface area contributed by atoms with E-state index in [1.165, 1.54) is 16.8 Å². The van der Waals surface area contributed by atoms with Crippen LogP contribution in [0.1, 0.15) is 90.8 Å². The summed E-state index contributed by atoms with van der Waals surface area (Å²) in [5.74, 6) is 1.88. The second-order valence-corrected chi connectivity index (χ2v) is 12.5. The summed E-state index contributed by atoms with van der Waals surface area (Å²) in [7, 11) is 0. The van der Waals surface area contributed by atoms with Crippen LogP contribution in [0.4, 0.5) is 5.69 Å². The largest absolute Gasteiger partial charge is 0.461 e. The molecule has 35 heavy (non-hydrogen) atoms. The lowest BCUT2D eigenvalue weighted by molar-refractivity contribution is 0.223. The van der Waals surface area contributed by atoms with Gasteiger partial charge in [0.25, 0.3) is 5.70 Å². The van der Waals surface area contributed by atoms with Crippen molar-refractivity contribution < 1.29 is 4.74 Å². The van der Waals surface area contributed by atoms with Gasteiger partial charge in [0.15, 0.2) is 0 Å². The Morgan fingerprint density at radius 2 is 1.91 bits per heavy atom. The second kappa shape index (κ2) is 8.46. The quantitative estimate of drug-likeness (QED) is 0.327. The molecule has 4 heteroatoms. The zero-order chi connectivity index (χ0) is 25.8. The fraction of sp³-hybridized carbons (Fsp3) is 0.484. The van der Waals surface area contributed by atoms with Gasteiger partial charge in [0.05, 0.1) is 12.6 Å². The van der Waals surface area contributed by atoms with Crippen molar-refractivity contribution in [3.63, 3.8) is 0 Å². The molecule has 0 bridgehead atoms. The molecule has 1 unspecified atom stereocenters. The second-order valence-electron chi connectivity index (χ2n) is 12.5. The Kier molecular flexibility index (Phi) is 6.01.